The van der Waals surface area contributed by atoms with Crippen molar-refractivity contribution in [2.45, 2.75) is 26.6 Å². The van der Waals surface area contributed by atoms with Gasteiger partial charge in [0.05, 0.1) is 39.2 Å². The van der Waals surface area contributed by atoms with Gasteiger partial charge in [0, 0.05) is 5.69 Å². The highest BCUT2D eigenvalue weighted by atomic mass is 35.5. The van der Waals surface area contributed by atoms with Gasteiger partial charge in [-0.2, -0.15) is 18.3 Å². The van der Waals surface area contributed by atoms with Crippen LogP contribution in [0, 0.1) is 13.8 Å². The number of anilines is 2. The van der Waals surface area contributed by atoms with Crippen LogP contribution in [0.4, 0.5) is 29.3 Å². The Morgan fingerprint density at radius 1 is 1.07 bits per heavy atom. The second-order valence-electron chi connectivity index (χ2n) is 6.61. The molecule has 158 valence electrons. The minimum Gasteiger partial charge on any atom is -0.308 e. The third-order valence-corrected chi connectivity index (χ3v) is 5.12. The first-order chi connectivity index (χ1) is 14.0. The van der Waals surface area contributed by atoms with Gasteiger partial charge in [0.15, 0.2) is 0 Å². The van der Waals surface area contributed by atoms with E-state index < -0.39 is 17.8 Å². The molecule has 0 saturated carbocycles. The molecule has 3 rings (SSSR count). The predicted molar refractivity (Wildman–Crippen MR) is 111 cm³/mol. The Morgan fingerprint density at radius 3 is 2.47 bits per heavy atom. The van der Waals surface area contributed by atoms with E-state index in [4.69, 9.17) is 23.2 Å². The molecule has 3 aromatic rings. The highest BCUT2D eigenvalue weighted by Gasteiger charge is 2.30. The van der Waals surface area contributed by atoms with E-state index in [1.165, 1.54) is 12.1 Å². The Kier molecular flexibility index (Phi) is 6.28. The maximum absolute atomic E-state index is 12.8. The number of carbonyl (C=O) groups excluding carboxylic acids is 1. The summed E-state index contributed by atoms with van der Waals surface area (Å²) in [6, 6.07) is 8.97. The topological polar surface area (TPSA) is 59.0 Å². The molecule has 0 radical (unpaired) electrons. The van der Waals surface area contributed by atoms with Crippen molar-refractivity contribution in [3.63, 3.8) is 0 Å². The van der Waals surface area contributed by atoms with E-state index in [1.54, 1.807) is 30.7 Å². The van der Waals surface area contributed by atoms with Crippen molar-refractivity contribution in [2.24, 2.45) is 0 Å². The third-order valence-electron chi connectivity index (χ3n) is 4.38. The molecule has 0 saturated heterocycles. The SMILES string of the molecule is Cc1nn(Cc2ccc(Cl)c(Cl)c2)c(C)c1NC(=O)Nc1cccc(C(F)(F)F)c1. The number of hydrogen-bond acceptors (Lipinski definition) is 2. The highest BCUT2D eigenvalue weighted by Crippen LogP contribution is 2.31. The van der Waals surface area contributed by atoms with E-state index in [0.717, 1.165) is 17.7 Å². The normalized spacial score (nSPS) is 11.4. The van der Waals surface area contributed by atoms with E-state index in [1.807, 2.05) is 6.07 Å². The molecule has 0 aliphatic rings. The van der Waals surface area contributed by atoms with Crippen molar-refractivity contribution in [1.82, 2.24) is 9.78 Å². The van der Waals surface area contributed by atoms with Crippen molar-refractivity contribution in [3.05, 3.63) is 75.0 Å². The number of aromatic nitrogens is 2. The zero-order valence-corrected chi connectivity index (χ0v) is 17.5. The molecule has 2 N–H and O–H groups in total. The average Bonchev–Trinajstić information content (AvgIpc) is 2.91. The number of hydrogen-bond donors (Lipinski definition) is 2. The second kappa shape index (κ2) is 8.57. The standard InChI is InChI=1S/C20H17Cl2F3N4O/c1-11-18(12(2)29(28-11)10-13-6-7-16(21)17(22)8-13)27-19(30)26-15-5-3-4-14(9-15)20(23,24)25/h3-9H,10H2,1-2H3,(H2,26,27,30). The van der Waals surface area contributed by atoms with Gasteiger partial charge in [-0.15, -0.1) is 0 Å². The first-order valence-electron chi connectivity index (χ1n) is 8.78. The van der Waals surface area contributed by atoms with Crippen molar-refractivity contribution in [2.75, 3.05) is 10.6 Å². The lowest BCUT2D eigenvalue weighted by Gasteiger charge is -2.11. The lowest BCUT2D eigenvalue weighted by Crippen LogP contribution is -2.20. The highest BCUT2D eigenvalue weighted by molar-refractivity contribution is 6.42. The van der Waals surface area contributed by atoms with E-state index in [-0.39, 0.29) is 5.69 Å². The lowest BCUT2D eigenvalue weighted by molar-refractivity contribution is -0.137. The van der Waals surface area contributed by atoms with Crippen LogP contribution < -0.4 is 10.6 Å². The number of carbonyl (C=O) groups is 1. The number of rotatable bonds is 4. The first kappa shape index (κ1) is 22.0. The van der Waals surface area contributed by atoms with Gasteiger partial charge in [-0.1, -0.05) is 35.3 Å². The molecule has 0 fully saturated rings. The molecule has 0 bridgehead atoms. The molecule has 1 heterocycles. The zero-order chi connectivity index (χ0) is 22.1. The second-order valence-corrected chi connectivity index (χ2v) is 7.42. The maximum Gasteiger partial charge on any atom is 0.416 e. The molecular weight excluding hydrogens is 440 g/mol. The van der Waals surface area contributed by atoms with E-state index in [0.29, 0.717) is 33.7 Å². The Hall–Kier alpha value is -2.71. The van der Waals surface area contributed by atoms with Crippen molar-refractivity contribution in [3.8, 4) is 0 Å². The fourth-order valence-electron chi connectivity index (χ4n) is 2.89. The van der Waals surface area contributed by atoms with Crippen LogP contribution in [0.2, 0.25) is 10.0 Å². The first-order valence-corrected chi connectivity index (χ1v) is 9.53. The molecule has 10 heteroatoms. The summed E-state index contributed by atoms with van der Waals surface area (Å²) < 4.78 is 40.2. The van der Waals surface area contributed by atoms with Gasteiger partial charge in [-0.05, 0) is 49.7 Å². The minimum absolute atomic E-state index is 0.0285. The number of nitrogens with zero attached hydrogens (tertiary/aromatic N) is 2. The van der Waals surface area contributed by atoms with Crippen LogP contribution in [0.5, 0.6) is 0 Å². The largest absolute Gasteiger partial charge is 0.416 e. The van der Waals surface area contributed by atoms with Crippen molar-refractivity contribution < 1.29 is 18.0 Å². The molecule has 1 aromatic heterocycles. The predicted octanol–water partition coefficient (Wildman–Crippen LogP) is 6.52. The molecule has 2 aromatic carbocycles. The number of amides is 2. The molecule has 0 spiro atoms. The van der Waals surface area contributed by atoms with Crippen LogP contribution in [-0.4, -0.2) is 15.8 Å². The van der Waals surface area contributed by atoms with Gasteiger partial charge in [-0.3, -0.25) is 4.68 Å². The van der Waals surface area contributed by atoms with Crippen LogP contribution in [-0.2, 0) is 12.7 Å². The summed E-state index contributed by atoms with van der Waals surface area (Å²) in [6.45, 7) is 3.90. The Morgan fingerprint density at radius 2 is 1.80 bits per heavy atom. The van der Waals surface area contributed by atoms with Gasteiger partial charge in [0.1, 0.15) is 0 Å². The van der Waals surface area contributed by atoms with Crippen LogP contribution >= 0.6 is 23.2 Å². The molecule has 0 atom stereocenters. The molecule has 2 amide bonds. The lowest BCUT2D eigenvalue weighted by atomic mass is 10.2. The van der Waals surface area contributed by atoms with Crippen LogP contribution in [0.25, 0.3) is 0 Å². The van der Waals surface area contributed by atoms with Crippen molar-refractivity contribution >= 4 is 40.6 Å². The summed E-state index contributed by atoms with van der Waals surface area (Å²) in [5, 5.41) is 10.3. The average molecular weight is 457 g/mol. The summed E-state index contributed by atoms with van der Waals surface area (Å²) in [6.07, 6.45) is -4.49. The van der Waals surface area contributed by atoms with Gasteiger partial charge in [0.25, 0.3) is 0 Å². The van der Waals surface area contributed by atoms with E-state index in [9.17, 15) is 18.0 Å². The molecule has 5 nitrogen and oxygen atoms in total. The Labute approximate surface area is 180 Å². The van der Waals surface area contributed by atoms with E-state index >= 15 is 0 Å². The Balaban J connectivity index is 1.74. The van der Waals surface area contributed by atoms with Gasteiger partial charge in [-0.25, -0.2) is 4.79 Å². The minimum atomic E-state index is -4.49. The third kappa shape index (κ3) is 5.06. The number of halogens is 5. The Bertz CT molecular complexity index is 1100. The molecule has 0 aliphatic heterocycles. The summed E-state index contributed by atoms with van der Waals surface area (Å²) >= 11 is 12.0. The van der Waals surface area contributed by atoms with Gasteiger partial charge >= 0.3 is 12.2 Å². The van der Waals surface area contributed by atoms with Crippen molar-refractivity contribution in [1.29, 1.82) is 0 Å². The summed E-state index contributed by atoms with van der Waals surface area (Å²) in [7, 11) is 0. The smallest absolute Gasteiger partial charge is 0.308 e. The maximum atomic E-state index is 12.8. The monoisotopic (exact) mass is 456 g/mol. The summed E-state index contributed by atoms with van der Waals surface area (Å²) in [5.41, 5.74) is 1.77. The van der Waals surface area contributed by atoms with Gasteiger partial charge in [0.2, 0.25) is 0 Å². The molecule has 30 heavy (non-hydrogen) atoms. The van der Waals surface area contributed by atoms with E-state index in [2.05, 4.69) is 15.7 Å². The number of alkyl halides is 3. The zero-order valence-electron chi connectivity index (χ0n) is 15.9. The fourth-order valence-corrected chi connectivity index (χ4v) is 3.21. The van der Waals surface area contributed by atoms with Crippen LogP contribution in [0.15, 0.2) is 42.5 Å². The number of urea groups is 1. The summed E-state index contributed by atoms with van der Waals surface area (Å²) in [5.74, 6) is 0. The molecule has 0 unspecified atom stereocenters. The molecular formula is C20H17Cl2F3N4O. The molecule has 0 aliphatic carbocycles. The number of aryl methyl sites for hydroxylation is 1. The van der Waals surface area contributed by atoms with Crippen LogP contribution in [0.3, 0.4) is 0 Å². The number of benzene rings is 2. The van der Waals surface area contributed by atoms with Crippen LogP contribution in [0.1, 0.15) is 22.5 Å². The fraction of sp³-hybridized carbons (Fsp3) is 0.200. The quantitative estimate of drug-likeness (QED) is 0.469. The summed E-state index contributed by atoms with van der Waals surface area (Å²) in [4.78, 5) is 12.3. The number of nitrogens with one attached hydrogen (secondary N) is 2. The van der Waals surface area contributed by atoms with Gasteiger partial charge < -0.3 is 10.6 Å².